The zero-order valence-electron chi connectivity index (χ0n) is 10.9. The van der Waals surface area contributed by atoms with Crippen LogP contribution in [0.15, 0.2) is 42.5 Å². The highest BCUT2D eigenvalue weighted by Gasteiger charge is 2.31. The van der Waals surface area contributed by atoms with Crippen molar-refractivity contribution in [3.63, 3.8) is 0 Å². The van der Waals surface area contributed by atoms with E-state index >= 15 is 0 Å². The molecule has 8 heteroatoms. The van der Waals surface area contributed by atoms with Crippen molar-refractivity contribution < 1.29 is 26.7 Å². The van der Waals surface area contributed by atoms with Gasteiger partial charge in [-0.05, 0) is 29.8 Å². The summed E-state index contributed by atoms with van der Waals surface area (Å²) in [6.45, 7) is 0. The Morgan fingerprint density at radius 3 is 1.86 bits per heavy atom. The zero-order chi connectivity index (χ0) is 15.6. The smallest absolute Gasteiger partial charge is 0.406 e. The Morgan fingerprint density at radius 2 is 1.41 bits per heavy atom. The van der Waals surface area contributed by atoms with Crippen molar-refractivity contribution >= 4 is 12.4 Å². The Balaban J connectivity index is 0.00000242. The van der Waals surface area contributed by atoms with E-state index in [-0.39, 0.29) is 23.5 Å². The van der Waals surface area contributed by atoms with Crippen LogP contribution in [0.25, 0.3) is 0 Å². The highest BCUT2D eigenvalue weighted by molar-refractivity contribution is 5.85. The lowest BCUT2D eigenvalue weighted by Crippen LogP contribution is -2.18. The molecule has 0 aliphatic rings. The number of alkyl halides is 3. The van der Waals surface area contributed by atoms with Gasteiger partial charge in [-0.25, -0.2) is 8.78 Å². The molecule has 2 aromatic carbocycles. The largest absolute Gasteiger partial charge is 0.573 e. The van der Waals surface area contributed by atoms with Gasteiger partial charge in [0.1, 0.15) is 17.4 Å². The number of ether oxygens (including phenoxy) is 1. The van der Waals surface area contributed by atoms with Crippen molar-refractivity contribution in [1.82, 2.24) is 0 Å². The maximum Gasteiger partial charge on any atom is 0.573 e. The van der Waals surface area contributed by atoms with Crippen LogP contribution >= 0.6 is 12.4 Å². The molecule has 0 unspecified atom stereocenters. The van der Waals surface area contributed by atoms with E-state index in [2.05, 4.69) is 4.74 Å². The molecule has 0 saturated heterocycles. The minimum atomic E-state index is -4.80. The standard InChI is InChI=1S/C14H10F5NO.ClH/c15-10-2-1-3-11(16)12(10)13(20)8-4-6-9(7-5-8)21-14(17,18)19;/h1-7,13H,20H2;1H/t13-;/m0./s1. The Labute approximate surface area is 129 Å². The van der Waals surface area contributed by atoms with E-state index in [0.29, 0.717) is 0 Å². The Hall–Kier alpha value is -1.86. The summed E-state index contributed by atoms with van der Waals surface area (Å²) in [4.78, 5) is 0. The molecule has 0 saturated carbocycles. The first-order chi connectivity index (χ1) is 9.78. The quantitative estimate of drug-likeness (QED) is 0.845. The molecule has 0 aromatic heterocycles. The molecule has 0 radical (unpaired) electrons. The molecule has 120 valence electrons. The summed E-state index contributed by atoms with van der Waals surface area (Å²) in [7, 11) is 0. The van der Waals surface area contributed by atoms with Gasteiger partial charge in [-0.15, -0.1) is 25.6 Å². The van der Waals surface area contributed by atoms with Gasteiger partial charge in [0, 0.05) is 5.56 Å². The fraction of sp³-hybridized carbons (Fsp3) is 0.143. The third kappa shape index (κ3) is 4.32. The normalized spacial score (nSPS) is 12.5. The minimum Gasteiger partial charge on any atom is -0.406 e. The van der Waals surface area contributed by atoms with Gasteiger partial charge in [0.2, 0.25) is 0 Å². The Bertz CT molecular complexity index is 610. The van der Waals surface area contributed by atoms with Gasteiger partial charge in [-0.2, -0.15) is 0 Å². The summed E-state index contributed by atoms with van der Waals surface area (Å²) >= 11 is 0. The van der Waals surface area contributed by atoms with Crippen molar-refractivity contribution in [3.8, 4) is 5.75 Å². The molecule has 0 amide bonds. The lowest BCUT2D eigenvalue weighted by Gasteiger charge is -2.15. The van der Waals surface area contributed by atoms with Crippen LogP contribution in [-0.2, 0) is 0 Å². The first-order valence-electron chi connectivity index (χ1n) is 5.83. The average molecular weight is 340 g/mol. The third-order valence-electron chi connectivity index (χ3n) is 2.78. The van der Waals surface area contributed by atoms with Crippen LogP contribution in [-0.4, -0.2) is 6.36 Å². The molecule has 0 heterocycles. The molecule has 2 N–H and O–H groups in total. The average Bonchev–Trinajstić information content (AvgIpc) is 2.37. The highest BCUT2D eigenvalue weighted by Crippen LogP contribution is 2.28. The highest BCUT2D eigenvalue weighted by atomic mass is 35.5. The van der Waals surface area contributed by atoms with Crippen molar-refractivity contribution in [2.75, 3.05) is 0 Å². The second-order valence-corrected chi connectivity index (χ2v) is 4.23. The number of benzene rings is 2. The van der Waals surface area contributed by atoms with Crippen LogP contribution in [0.1, 0.15) is 17.2 Å². The van der Waals surface area contributed by atoms with Crippen molar-refractivity contribution in [2.24, 2.45) is 5.73 Å². The summed E-state index contributed by atoms with van der Waals surface area (Å²) < 4.78 is 67.0. The van der Waals surface area contributed by atoms with Crippen molar-refractivity contribution in [1.29, 1.82) is 0 Å². The van der Waals surface area contributed by atoms with Crippen LogP contribution in [0.4, 0.5) is 22.0 Å². The molecule has 22 heavy (non-hydrogen) atoms. The number of rotatable bonds is 3. The van der Waals surface area contributed by atoms with E-state index < -0.39 is 29.8 Å². The molecule has 0 aliphatic heterocycles. The van der Waals surface area contributed by atoms with E-state index in [1.54, 1.807) is 0 Å². The van der Waals surface area contributed by atoms with Crippen molar-refractivity contribution in [2.45, 2.75) is 12.4 Å². The number of hydrogen-bond donors (Lipinski definition) is 1. The van der Waals surface area contributed by atoms with Crippen LogP contribution in [0.3, 0.4) is 0 Å². The predicted octanol–water partition coefficient (Wildman–Crippen LogP) is 4.33. The van der Waals surface area contributed by atoms with Gasteiger partial charge in [-0.3, -0.25) is 0 Å². The van der Waals surface area contributed by atoms with E-state index in [1.807, 2.05) is 0 Å². The van der Waals surface area contributed by atoms with Crippen LogP contribution in [0.2, 0.25) is 0 Å². The van der Waals surface area contributed by atoms with E-state index in [0.717, 1.165) is 24.3 Å². The topological polar surface area (TPSA) is 35.2 Å². The van der Waals surface area contributed by atoms with Gasteiger partial charge in [0.15, 0.2) is 0 Å². The Kier molecular flexibility index (Phi) is 5.73. The van der Waals surface area contributed by atoms with E-state index in [4.69, 9.17) is 5.73 Å². The van der Waals surface area contributed by atoms with Crippen LogP contribution in [0, 0.1) is 11.6 Å². The summed E-state index contributed by atoms with van der Waals surface area (Å²) in [6.07, 6.45) is -4.80. The molecule has 0 aliphatic carbocycles. The molecule has 2 nitrogen and oxygen atoms in total. The molecular weight excluding hydrogens is 329 g/mol. The molecule has 0 spiro atoms. The fourth-order valence-electron chi connectivity index (χ4n) is 1.85. The van der Waals surface area contributed by atoms with Crippen molar-refractivity contribution in [3.05, 3.63) is 65.2 Å². The second-order valence-electron chi connectivity index (χ2n) is 4.23. The number of halogens is 6. The van der Waals surface area contributed by atoms with Gasteiger partial charge in [0.05, 0.1) is 6.04 Å². The SMILES string of the molecule is Cl.N[C@@H](c1ccc(OC(F)(F)F)cc1)c1c(F)cccc1F. The summed E-state index contributed by atoms with van der Waals surface area (Å²) in [5.41, 5.74) is 5.66. The van der Waals surface area contributed by atoms with E-state index in [9.17, 15) is 22.0 Å². The maximum atomic E-state index is 13.6. The maximum absolute atomic E-state index is 13.6. The summed E-state index contributed by atoms with van der Waals surface area (Å²) in [5.74, 6) is -2.08. The van der Waals surface area contributed by atoms with Gasteiger partial charge < -0.3 is 10.5 Å². The third-order valence-corrected chi connectivity index (χ3v) is 2.78. The molecule has 2 aromatic rings. The number of hydrogen-bond acceptors (Lipinski definition) is 2. The lowest BCUT2D eigenvalue weighted by atomic mass is 9.98. The fourth-order valence-corrected chi connectivity index (χ4v) is 1.85. The molecule has 0 bridgehead atoms. The molecule has 2 rings (SSSR count). The summed E-state index contributed by atoms with van der Waals surface area (Å²) in [6, 6.07) is 6.67. The minimum absolute atomic E-state index is 0. The summed E-state index contributed by atoms with van der Waals surface area (Å²) in [5, 5.41) is 0. The van der Waals surface area contributed by atoms with Crippen LogP contribution in [0.5, 0.6) is 5.75 Å². The Morgan fingerprint density at radius 1 is 0.909 bits per heavy atom. The lowest BCUT2D eigenvalue weighted by molar-refractivity contribution is -0.274. The van der Waals surface area contributed by atoms with Crippen LogP contribution < -0.4 is 10.5 Å². The van der Waals surface area contributed by atoms with E-state index in [1.165, 1.54) is 18.2 Å². The second kappa shape index (κ2) is 6.93. The first kappa shape index (κ1) is 18.2. The molecular formula is C14H11ClF5NO. The predicted molar refractivity (Wildman–Crippen MR) is 72.8 cm³/mol. The van der Waals surface area contributed by atoms with Gasteiger partial charge in [-0.1, -0.05) is 18.2 Å². The molecule has 0 fully saturated rings. The monoisotopic (exact) mass is 339 g/mol. The van der Waals surface area contributed by atoms with Gasteiger partial charge >= 0.3 is 6.36 Å². The first-order valence-corrected chi connectivity index (χ1v) is 5.83. The zero-order valence-corrected chi connectivity index (χ0v) is 11.7. The van der Waals surface area contributed by atoms with Gasteiger partial charge in [0.25, 0.3) is 0 Å². The number of nitrogens with two attached hydrogens (primary N) is 1. The molecule has 1 atom stereocenters.